The summed E-state index contributed by atoms with van der Waals surface area (Å²) in [5.74, 6) is -0.400. The third-order valence-electron chi connectivity index (χ3n) is 2.74. The van der Waals surface area contributed by atoms with Crippen molar-refractivity contribution in [2.75, 3.05) is 6.54 Å². The number of aliphatic carboxylic acids is 1. The summed E-state index contributed by atoms with van der Waals surface area (Å²) in [6.45, 7) is 0.452. The molecule has 0 bridgehead atoms. The molecule has 0 aliphatic carbocycles. The zero-order chi connectivity index (χ0) is 13.1. The fourth-order valence-corrected chi connectivity index (χ4v) is 1.82. The second kappa shape index (κ2) is 5.01. The minimum absolute atomic E-state index is 0.00434. The van der Waals surface area contributed by atoms with Crippen molar-refractivity contribution in [2.45, 2.75) is 18.6 Å². The van der Waals surface area contributed by atoms with E-state index in [1.807, 2.05) is 0 Å². The van der Waals surface area contributed by atoms with Crippen LogP contribution in [0.4, 0.5) is 5.69 Å². The van der Waals surface area contributed by atoms with Crippen molar-refractivity contribution in [3.63, 3.8) is 0 Å². The molecule has 0 radical (unpaired) electrons. The molecule has 96 valence electrons. The third kappa shape index (κ3) is 2.75. The molecule has 0 saturated carbocycles. The lowest BCUT2D eigenvalue weighted by Crippen LogP contribution is -2.30. The number of rotatable bonds is 4. The molecular formula is C11H12N2O5. The lowest BCUT2D eigenvalue weighted by molar-refractivity contribution is -0.384. The number of non-ortho nitro benzene ring substituents is 1. The summed E-state index contributed by atoms with van der Waals surface area (Å²) in [6, 6.07) is 5.13. The first-order valence-corrected chi connectivity index (χ1v) is 5.43. The van der Waals surface area contributed by atoms with Gasteiger partial charge in [0.2, 0.25) is 0 Å². The fourth-order valence-electron chi connectivity index (χ4n) is 1.82. The van der Waals surface area contributed by atoms with Gasteiger partial charge < -0.3 is 15.2 Å². The second-order valence-electron chi connectivity index (χ2n) is 4.03. The van der Waals surface area contributed by atoms with E-state index >= 15 is 0 Å². The zero-order valence-corrected chi connectivity index (χ0v) is 9.41. The molecule has 1 fully saturated rings. The van der Waals surface area contributed by atoms with Crippen LogP contribution >= 0.6 is 0 Å². The summed E-state index contributed by atoms with van der Waals surface area (Å²) in [4.78, 5) is 20.7. The Morgan fingerprint density at radius 1 is 1.44 bits per heavy atom. The number of carbonyl (C=O) groups is 1. The van der Waals surface area contributed by atoms with Crippen molar-refractivity contribution < 1.29 is 19.6 Å². The molecule has 1 heterocycles. The predicted molar refractivity (Wildman–Crippen MR) is 61.6 cm³/mol. The van der Waals surface area contributed by atoms with Crippen LogP contribution < -0.4 is 10.1 Å². The number of carboxylic acid groups (broad SMARTS) is 1. The highest BCUT2D eigenvalue weighted by atomic mass is 16.6. The molecular weight excluding hydrogens is 240 g/mol. The smallest absolute Gasteiger partial charge is 0.320 e. The van der Waals surface area contributed by atoms with Crippen LogP contribution in [-0.2, 0) is 4.79 Å². The maximum absolute atomic E-state index is 10.7. The van der Waals surface area contributed by atoms with Crippen molar-refractivity contribution in [3.8, 4) is 5.75 Å². The van der Waals surface area contributed by atoms with Crippen LogP contribution in [-0.4, -0.2) is 34.7 Å². The van der Waals surface area contributed by atoms with E-state index in [-0.39, 0.29) is 11.8 Å². The SMILES string of the molecule is O=C(O)[C@@H]1CC(Oc2ccc([N+](=O)[O-])cc2)CN1. The average molecular weight is 252 g/mol. The molecule has 2 N–H and O–H groups in total. The first kappa shape index (κ1) is 12.3. The van der Waals surface area contributed by atoms with Gasteiger partial charge >= 0.3 is 5.97 Å². The molecule has 1 aliphatic heterocycles. The van der Waals surface area contributed by atoms with E-state index in [0.717, 1.165) is 0 Å². The van der Waals surface area contributed by atoms with Gasteiger partial charge in [-0.3, -0.25) is 14.9 Å². The van der Waals surface area contributed by atoms with Gasteiger partial charge in [-0.05, 0) is 12.1 Å². The van der Waals surface area contributed by atoms with E-state index in [1.165, 1.54) is 24.3 Å². The molecule has 2 rings (SSSR count). The van der Waals surface area contributed by atoms with Crippen LogP contribution in [0.1, 0.15) is 6.42 Å². The lowest BCUT2D eigenvalue weighted by Gasteiger charge is -2.12. The zero-order valence-electron chi connectivity index (χ0n) is 9.41. The summed E-state index contributed by atoms with van der Waals surface area (Å²) < 4.78 is 5.54. The Labute approximate surface area is 103 Å². The first-order chi connectivity index (χ1) is 8.56. The maximum atomic E-state index is 10.7. The highest BCUT2D eigenvalue weighted by Gasteiger charge is 2.30. The van der Waals surface area contributed by atoms with E-state index < -0.39 is 16.9 Å². The Morgan fingerprint density at radius 3 is 2.61 bits per heavy atom. The molecule has 1 saturated heterocycles. The van der Waals surface area contributed by atoms with Gasteiger partial charge in [-0.25, -0.2) is 0 Å². The molecule has 1 unspecified atom stereocenters. The third-order valence-corrected chi connectivity index (χ3v) is 2.74. The highest BCUT2D eigenvalue weighted by molar-refractivity contribution is 5.73. The Kier molecular flexibility index (Phi) is 3.42. The quantitative estimate of drug-likeness (QED) is 0.606. The molecule has 0 aromatic heterocycles. The molecule has 0 spiro atoms. The van der Waals surface area contributed by atoms with Gasteiger partial charge in [0.1, 0.15) is 17.9 Å². The van der Waals surface area contributed by atoms with E-state index in [0.29, 0.717) is 18.7 Å². The summed E-state index contributed by atoms with van der Waals surface area (Å²) >= 11 is 0. The van der Waals surface area contributed by atoms with Gasteiger partial charge in [0, 0.05) is 25.1 Å². The molecule has 1 aromatic rings. The topological polar surface area (TPSA) is 102 Å². The van der Waals surface area contributed by atoms with Crippen molar-refractivity contribution in [1.82, 2.24) is 5.32 Å². The number of benzene rings is 1. The first-order valence-electron chi connectivity index (χ1n) is 5.43. The molecule has 18 heavy (non-hydrogen) atoms. The number of nitro benzene ring substituents is 1. The summed E-state index contributed by atoms with van der Waals surface area (Å²) in [5, 5.41) is 22.1. The Morgan fingerprint density at radius 2 is 2.11 bits per heavy atom. The molecule has 2 atom stereocenters. The van der Waals surface area contributed by atoms with E-state index in [4.69, 9.17) is 9.84 Å². The van der Waals surface area contributed by atoms with Gasteiger partial charge in [0.15, 0.2) is 0 Å². The summed E-state index contributed by atoms with van der Waals surface area (Å²) in [5.41, 5.74) is -0.00434. The van der Waals surface area contributed by atoms with E-state index in [9.17, 15) is 14.9 Å². The predicted octanol–water partition coefficient (Wildman–Crippen LogP) is 0.789. The monoisotopic (exact) mass is 252 g/mol. The Balaban J connectivity index is 1.94. The fraction of sp³-hybridized carbons (Fsp3) is 0.364. The number of carboxylic acids is 1. The standard InChI is InChI=1S/C11H12N2O5/c14-11(15)10-5-9(6-12-10)18-8-3-1-7(2-4-8)13(16)17/h1-4,9-10,12H,5-6H2,(H,14,15)/t9?,10-/m0/s1. The lowest BCUT2D eigenvalue weighted by atomic mass is 10.2. The van der Waals surface area contributed by atoms with Crippen LogP contribution in [0.25, 0.3) is 0 Å². The van der Waals surface area contributed by atoms with Gasteiger partial charge in [-0.15, -0.1) is 0 Å². The number of ether oxygens (including phenoxy) is 1. The molecule has 0 amide bonds. The minimum atomic E-state index is -0.898. The number of nitro groups is 1. The second-order valence-corrected chi connectivity index (χ2v) is 4.03. The molecule has 1 aliphatic rings. The maximum Gasteiger partial charge on any atom is 0.320 e. The van der Waals surface area contributed by atoms with Crippen LogP contribution in [0.15, 0.2) is 24.3 Å². The number of hydrogen-bond donors (Lipinski definition) is 2. The van der Waals surface area contributed by atoms with Crippen molar-refractivity contribution in [1.29, 1.82) is 0 Å². The van der Waals surface area contributed by atoms with Gasteiger partial charge in [0.05, 0.1) is 4.92 Å². The average Bonchev–Trinajstić information content (AvgIpc) is 2.78. The number of nitrogens with zero attached hydrogens (tertiary/aromatic N) is 1. The minimum Gasteiger partial charge on any atom is -0.489 e. The Bertz CT molecular complexity index is 459. The van der Waals surface area contributed by atoms with Crippen molar-refractivity contribution in [2.24, 2.45) is 0 Å². The van der Waals surface area contributed by atoms with E-state index in [2.05, 4.69) is 5.32 Å². The summed E-state index contributed by atoms with van der Waals surface area (Å²) in [7, 11) is 0. The van der Waals surface area contributed by atoms with Gasteiger partial charge in [-0.2, -0.15) is 0 Å². The van der Waals surface area contributed by atoms with Crippen molar-refractivity contribution in [3.05, 3.63) is 34.4 Å². The van der Waals surface area contributed by atoms with Crippen LogP contribution in [0.3, 0.4) is 0 Å². The van der Waals surface area contributed by atoms with Gasteiger partial charge in [-0.1, -0.05) is 0 Å². The van der Waals surface area contributed by atoms with Crippen LogP contribution in [0.5, 0.6) is 5.75 Å². The van der Waals surface area contributed by atoms with Crippen molar-refractivity contribution >= 4 is 11.7 Å². The molecule has 7 heteroatoms. The van der Waals surface area contributed by atoms with Crippen LogP contribution in [0, 0.1) is 10.1 Å². The van der Waals surface area contributed by atoms with E-state index in [1.54, 1.807) is 0 Å². The number of nitrogens with one attached hydrogen (secondary N) is 1. The highest BCUT2D eigenvalue weighted by Crippen LogP contribution is 2.20. The van der Waals surface area contributed by atoms with Gasteiger partial charge in [0.25, 0.3) is 5.69 Å². The van der Waals surface area contributed by atoms with Crippen LogP contribution in [0.2, 0.25) is 0 Å². The summed E-state index contributed by atoms with van der Waals surface area (Å²) in [6.07, 6.45) is 0.152. The normalized spacial score (nSPS) is 22.7. The largest absolute Gasteiger partial charge is 0.489 e. The Hall–Kier alpha value is -2.15. The molecule has 1 aromatic carbocycles. The molecule has 7 nitrogen and oxygen atoms in total. The number of hydrogen-bond acceptors (Lipinski definition) is 5.